The molecule has 1 aromatic heterocycles. The molecule has 0 spiro atoms. The summed E-state index contributed by atoms with van der Waals surface area (Å²) in [6, 6.07) is 1.42. The Morgan fingerprint density at radius 3 is 2.61 bits per heavy atom. The molecule has 0 saturated heterocycles. The fourth-order valence-electron chi connectivity index (χ4n) is 1.22. The largest absolute Gasteiger partial charge is 0.463 e. The Bertz CT molecular complexity index is 424. The first-order valence-electron chi connectivity index (χ1n) is 5.42. The molecule has 1 amide bonds. The maximum Gasteiger partial charge on any atom is 0.307 e. The van der Waals surface area contributed by atoms with Crippen LogP contribution in [0.1, 0.15) is 30.8 Å². The van der Waals surface area contributed by atoms with Crippen LogP contribution in [0.2, 0.25) is 10.2 Å². The average molecular weight is 293 g/mol. The lowest BCUT2D eigenvalue weighted by molar-refractivity contribution is -0.147. The molecule has 7 heteroatoms. The molecule has 0 aromatic carbocycles. The Balaban J connectivity index is 2.36. The molecule has 0 aliphatic heterocycles. The van der Waals surface area contributed by atoms with E-state index in [1.54, 1.807) is 13.8 Å². The van der Waals surface area contributed by atoms with E-state index in [2.05, 4.69) is 10.3 Å². The highest BCUT2D eigenvalue weighted by atomic mass is 35.5. The molecule has 1 heterocycles. The monoisotopic (exact) mass is 292 g/mol. The number of H-pyrrole nitrogens is 1. The lowest BCUT2D eigenvalue weighted by Crippen LogP contribution is -2.27. The molecule has 0 atom stereocenters. The van der Waals surface area contributed by atoms with Crippen molar-refractivity contribution in [1.82, 2.24) is 10.3 Å². The summed E-state index contributed by atoms with van der Waals surface area (Å²) in [6.07, 6.45) is -0.0410. The van der Waals surface area contributed by atoms with Crippen molar-refractivity contribution in [3.63, 3.8) is 0 Å². The second-order valence-electron chi connectivity index (χ2n) is 3.89. The highest BCUT2D eigenvalue weighted by Crippen LogP contribution is 2.21. The van der Waals surface area contributed by atoms with Crippen molar-refractivity contribution in [1.29, 1.82) is 0 Å². The number of rotatable bonds is 5. The third kappa shape index (κ3) is 4.58. The molecule has 5 nitrogen and oxygen atoms in total. The van der Waals surface area contributed by atoms with Crippen molar-refractivity contribution in [2.24, 2.45) is 0 Å². The molecule has 2 N–H and O–H groups in total. The second-order valence-corrected chi connectivity index (χ2v) is 4.67. The number of carbonyl (C=O) groups excluding carboxylic acids is 2. The van der Waals surface area contributed by atoms with Gasteiger partial charge in [0.1, 0.15) is 10.8 Å². The third-order valence-corrected chi connectivity index (χ3v) is 2.64. The first kappa shape index (κ1) is 14.9. The number of carbonyl (C=O) groups is 2. The van der Waals surface area contributed by atoms with Crippen LogP contribution < -0.4 is 5.32 Å². The minimum absolute atomic E-state index is 0.117. The highest BCUT2D eigenvalue weighted by molar-refractivity contribution is 6.41. The quantitative estimate of drug-likeness (QED) is 0.819. The van der Waals surface area contributed by atoms with E-state index in [-0.39, 0.29) is 46.8 Å². The normalized spacial score (nSPS) is 10.5. The van der Waals surface area contributed by atoms with Gasteiger partial charge in [-0.15, -0.1) is 0 Å². The minimum atomic E-state index is -0.374. The molecule has 1 rings (SSSR count). The van der Waals surface area contributed by atoms with Gasteiger partial charge in [0.25, 0.3) is 5.91 Å². The second kappa shape index (κ2) is 6.66. The van der Waals surface area contributed by atoms with Gasteiger partial charge in [-0.2, -0.15) is 0 Å². The SMILES string of the molecule is CC(C)OC(=O)CCNC(=O)c1cc(Cl)c(Cl)[nH]1. The summed E-state index contributed by atoms with van der Waals surface area (Å²) in [5.41, 5.74) is 0.252. The van der Waals surface area contributed by atoms with Crippen LogP contribution in [-0.2, 0) is 9.53 Å². The van der Waals surface area contributed by atoms with E-state index in [4.69, 9.17) is 27.9 Å². The fourth-order valence-corrected chi connectivity index (χ4v) is 1.53. The highest BCUT2D eigenvalue weighted by Gasteiger charge is 2.12. The van der Waals surface area contributed by atoms with Gasteiger partial charge in [0.05, 0.1) is 17.5 Å². The van der Waals surface area contributed by atoms with Gasteiger partial charge in [-0.25, -0.2) is 0 Å². The first-order chi connectivity index (χ1) is 8.40. The van der Waals surface area contributed by atoms with Crippen molar-refractivity contribution in [3.8, 4) is 0 Å². The lowest BCUT2D eigenvalue weighted by Gasteiger charge is -2.08. The van der Waals surface area contributed by atoms with Crippen molar-refractivity contribution in [2.45, 2.75) is 26.4 Å². The Kier molecular flexibility index (Phi) is 5.50. The van der Waals surface area contributed by atoms with Crippen molar-refractivity contribution >= 4 is 35.1 Å². The van der Waals surface area contributed by atoms with E-state index in [0.29, 0.717) is 0 Å². The zero-order valence-electron chi connectivity index (χ0n) is 10.0. The Hall–Kier alpha value is -1.20. The van der Waals surface area contributed by atoms with Crippen LogP contribution in [0, 0.1) is 0 Å². The zero-order valence-corrected chi connectivity index (χ0v) is 11.6. The Morgan fingerprint density at radius 2 is 2.11 bits per heavy atom. The molecule has 0 bridgehead atoms. The molecule has 18 heavy (non-hydrogen) atoms. The molecule has 100 valence electrons. The maximum absolute atomic E-state index is 11.6. The molecule has 0 unspecified atom stereocenters. The number of amides is 1. The van der Waals surface area contributed by atoms with E-state index in [9.17, 15) is 9.59 Å². The minimum Gasteiger partial charge on any atom is -0.463 e. The van der Waals surface area contributed by atoms with Gasteiger partial charge in [0, 0.05) is 6.54 Å². The summed E-state index contributed by atoms with van der Waals surface area (Å²) >= 11 is 11.4. The van der Waals surface area contributed by atoms with Gasteiger partial charge >= 0.3 is 5.97 Å². The summed E-state index contributed by atoms with van der Waals surface area (Å²) in [7, 11) is 0. The third-order valence-electron chi connectivity index (χ3n) is 1.95. The number of ether oxygens (including phenoxy) is 1. The number of nitrogens with one attached hydrogen (secondary N) is 2. The van der Waals surface area contributed by atoms with E-state index >= 15 is 0 Å². The number of halogens is 2. The standard InChI is InChI=1S/C11H14Cl2N2O3/c1-6(2)18-9(16)3-4-14-11(17)8-5-7(12)10(13)15-8/h5-6,15H,3-4H2,1-2H3,(H,14,17). The Labute approximate surface area is 115 Å². The van der Waals surface area contributed by atoms with Crippen molar-refractivity contribution in [3.05, 3.63) is 21.9 Å². The van der Waals surface area contributed by atoms with E-state index in [1.807, 2.05) is 0 Å². The van der Waals surface area contributed by atoms with Crippen LogP contribution in [0.3, 0.4) is 0 Å². The number of aromatic nitrogens is 1. The number of aromatic amines is 1. The van der Waals surface area contributed by atoms with Gasteiger partial charge in [-0.05, 0) is 19.9 Å². The van der Waals surface area contributed by atoms with E-state index in [1.165, 1.54) is 6.07 Å². The number of hydrogen-bond acceptors (Lipinski definition) is 3. The lowest BCUT2D eigenvalue weighted by atomic mass is 10.3. The van der Waals surface area contributed by atoms with Crippen molar-refractivity contribution < 1.29 is 14.3 Å². The maximum atomic E-state index is 11.6. The molecule has 0 aliphatic rings. The van der Waals surface area contributed by atoms with Crippen LogP contribution in [0.15, 0.2) is 6.07 Å². The Morgan fingerprint density at radius 1 is 1.44 bits per heavy atom. The molecular formula is C11H14Cl2N2O3. The average Bonchev–Trinajstić information content (AvgIpc) is 2.58. The van der Waals surface area contributed by atoms with Crippen LogP contribution in [0.25, 0.3) is 0 Å². The van der Waals surface area contributed by atoms with Crippen LogP contribution in [0.4, 0.5) is 0 Å². The fraction of sp³-hybridized carbons (Fsp3) is 0.455. The molecule has 0 fully saturated rings. The molecule has 0 radical (unpaired) electrons. The van der Waals surface area contributed by atoms with Crippen LogP contribution >= 0.6 is 23.2 Å². The summed E-state index contributed by atoms with van der Waals surface area (Å²) in [5, 5.41) is 3.04. The van der Waals surface area contributed by atoms with Gasteiger partial charge in [-0.1, -0.05) is 23.2 Å². The molecule has 0 saturated carbocycles. The van der Waals surface area contributed by atoms with E-state index < -0.39 is 0 Å². The molecule has 0 aliphatic carbocycles. The number of hydrogen-bond donors (Lipinski definition) is 2. The van der Waals surface area contributed by atoms with Gasteiger partial charge in [-0.3, -0.25) is 9.59 Å². The molecular weight excluding hydrogens is 279 g/mol. The van der Waals surface area contributed by atoms with Crippen LogP contribution in [-0.4, -0.2) is 29.5 Å². The van der Waals surface area contributed by atoms with Gasteiger partial charge in [0.15, 0.2) is 0 Å². The van der Waals surface area contributed by atoms with Gasteiger partial charge in [0.2, 0.25) is 0 Å². The van der Waals surface area contributed by atoms with Gasteiger partial charge < -0.3 is 15.0 Å². The van der Waals surface area contributed by atoms with E-state index in [0.717, 1.165) is 0 Å². The smallest absolute Gasteiger partial charge is 0.307 e. The van der Waals surface area contributed by atoms with Crippen LogP contribution in [0.5, 0.6) is 0 Å². The first-order valence-corrected chi connectivity index (χ1v) is 6.17. The summed E-state index contributed by atoms with van der Waals surface area (Å²) in [6.45, 7) is 3.72. The predicted octanol–water partition coefficient (Wildman–Crippen LogP) is 2.39. The zero-order chi connectivity index (χ0) is 13.7. The summed E-state index contributed by atoms with van der Waals surface area (Å²) in [5.74, 6) is -0.728. The summed E-state index contributed by atoms with van der Waals surface area (Å²) in [4.78, 5) is 25.4. The number of esters is 1. The topological polar surface area (TPSA) is 71.2 Å². The molecule has 1 aromatic rings. The summed E-state index contributed by atoms with van der Waals surface area (Å²) < 4.78 is 4.92. The predicted molar refractivity (Wildman–Crippen MR) is 69.0 cm³/mol. The van der Waals surface area contributed by atoms with Crippen molar-refractivity contribution in [2.75, 3.05) is 6.54 Å².